The van der Waals surface area contributed by atoms with Crippen molar-refractivity contribution < 1.29 is 18.4 Å². The zero-order valence-electron chi connectivity index (χ0n) is 14.9. The van der Waals surface area contributed by atoms with Crippen LogP contribution in [0.4, 0.5) is 0 Å². The molecule has 1 amide bonds. The smallest absolute Gasteiger partial charge is 0.340 e. The number of hydrogen-bond donors (Lipinski definition) is 1. The van der Waals surface area contributed by atoms with Crippen LogP contribution in [0.1, 0.15) is 29.5 Å². The van der Waals surface area contributed by atoms with Crippen LogP contribution >= 0.6 is 0 Å². The van der Waals surface area contributed by atoms with Gasteiger partial charge in [-0.3, -0.25) is 4.79 Å². The van der Waals surface area contributed by atoms with E-state index in [-0.39, 0.29) is 18.4 Å². The van der Waals surface area contributed by atoms with Gasteiger partial charge < -0.3 is 18.9 Å². The van der Waals surface area contributed by atoms with Crippen molar-refractivity contribution in [1.29, 1.82) is 0 Å². The lowest BCUT2D eigenvalue weighted by Gasteiger charge is -2.12. The molecular formula is C20H21NO5. The molecule has 0 radical (unpaired) electrons. The van der Waals surface area contributed by atoms with Gasteiger partial charge in [0.15, 0.2) is 0 Å². The quantitative estimate of drug-likeness (QED) is 0.728. The van der Waals surface area contributed by atoms with Crippen LogP contribution in [-0.2, 0) is 16.0 Å². The molecule has 0 bridgehead atoms. The maximum atomic E-state index is 12.4. The van der Waals surface area contributed by atoms with Crippen molar-refractivity contribution in [2.75, 3.05) is 13.2 Å². The number of benzene rings is 1. The molecule has 6 heteroatoms. The van der Waals surface area contributed by atoms with E-state index in [1.807, 2.05) is 19.9 Å². The van der Waals surface area contributed by atoms with Crippen LogP contribution in [0.5, 0.6) is 0 Å². The summed E-state index contributed by atoms with van der Waals surface area (Å²) in [6, 6.07) is 3.68. The summed E-state index contributed by atoms with van der Waals surface area (Å²) in [6.07, 6.45) is 3.73. The molecule has 3 heterocycles. The molecule has 1 atom stereocenters. The maximum Gasteiger partial charge on any atom is 0.340 e. The van der Waals surface area contributed by atoms with Gasteiger partial charge in [0.05, 0.1) is 24.4 Å². The highest BCUT2D eigenvalue weighted by Crippen LogP contribution is 2.28. The summed E-state index contributed by atoms with van der Waals surface area (Å²) in [5.74, 6) is -0.198. The first-order valence-corrected chi connectivity index (χ1v) is 8.85. The Morgan fingerprint density at radius 1 is 1.23 bits per heavy atom. The molecule has 3 aromatic rings. The number of amides is 1. The Morgan fingerprint density at radius 2 is 2.08 bits per heavy atom. The monoisotopic (exact) mass is 355 g/mol. The summed E-state index contributed by atoms with van der Waals surface area (Å²) < 4.78 is 16.4. The third-order valence-electron chi connectivity index (χ3n) is 5.06. The highest BCUT2D eigenvalue weighted by atomic mass is 16.5. The molecular weight excluding hydrogens is 334 g/mol. The van der Waals surface area contributed by atoms with Gasteiger partial charge in [-0.15, -0.1) is 0 Å². The standard InChI is InChI=1S/C20H21NO5/c1-11-10-25-17-8-18-15(6-14(11)17)12(2)16(20(23)26-18)7-19(22)21-9-13-4-3-5-24-13/h6,8,10,13H,3-5,7,9H2,1-2H3,(H,21,22). The van der Waals surface area contributed by atoms with Crippen molar-refractivity contribution in [2.24, 2.45) is 0 Å². The van der Waals surface area contributed by atoms with Crippen LogP contribution in [0, 0.1) is 13.8 Å². The van der Waals surface area contributed by atoms with Crippen molar-refractivity contribution in [3.63, 3.8) is 0 Å². The third-order valence-corrected chi connectivity index (χ3v) is 5.06. The van der Waals surface area contributed by atoms with Crippen molar-refractivity contribution in [3.8, 4) is 0 Å². The zero-order chi connectivity index (χ0) is 18.3. The lowest BCUT2D eigenvalue weighted by Crippen LogP contribution is -2.34. The molecule has 1 N–H and O–H groups in total. The van der Waals surface area contributed by atoms with E-state index in [4.69, 9.17) is 13.6 Å². The molecule has 1 unspecified atom stereocenters. The molecule has 0 saturated carbocycles. The Hall–Kier alpha value is -2.60. The van der Waals surface area contributed by atoms with E-state index < -0.39 is 5.63 Å². The van der Waals surface area contributed by atoms with Crippen LogP contribution in [0.2, 0.25) is 0 Å². The summed E-state index contributed by atoms with van der Waals surface area (Å²) in [4.78, 5) is 24.7. The van der Waals surface area contributed by atoms with E-state index in [0.717, 1.165) is 41.3 Å². The first-order chi connectivity index (χ1) is 12.5. The largest absolute Gasteiger partial charge is 0.464 e. The number of nitrogens with one attached hydrogen (secondary N) is 1. The predicted octanol–water partition coefficient (Wildman–Crippen LogP) is 2.99. The van der Waals surface area contributed by atoms with E-state index >= 15 is 0 Å². The fourth-order valence-corrected chi connectivity index (χ4v) is 3.50. The molecule has 1 aliphatic rings. The van der Waals surface area contributed by atoms with E-state index in [1.165, 1.54) is 0 Å². The molecule has 0 aliphatic carbocycles. The predicted molar refractivity (Wildman–Crippen MR) is 97.4 cm³/mol. The SMILES string of the molecule is Cc1coc2cc3oc(=O)c(CC(=O)NCC4CCCO4)c(C)c3cc12. The lowest BCUT2D eigenvalue weighted by molar-refractivity contribution is -0.121. The van der Waals surface area contributed by atoms with E-state index in [2.05, 4.69) is 5.32 Å². The average Bonchev–Trinajstić information content (AvgIpc) is 3.26. The second kappa shape index (κ2) is 6.61. The minimum atomic E-state index is -0.482. The molecule has 0 spiro atoms. The molecule has 1 fully saturated rings. The number of carbonyl (C=O) groups is 1. The fraction of sp³-hybridized carbons (Fsp3) is 0.400. The number of rotatable bonds is 4. The van der Waals surface area contributed by atoms with Gasteiger partial charge in [-0.2, -0.15) is 0 Å². The topological polar surface area (TPSA) is 81.7 Å². The summed E-state index contributed by atoms with van der Waals surface area (Å²) in [6.45, 7) is 5.04. The third kappa shape index (κ3) is 3.01. The number of carbonyl (C=O) groups excluding carboxylic acids is 1. The Morgan fingerprint density at radius 3 is 2.85 bits per heavy atom. The van der Waals surface area contributed by atoms with Gasteiger partial charge in [0.2, 0.25) is 5.91 Å². The number of ether oxygens (including phenoxy) is 1. The van der Waals surface area contributed by atoms with Gasteiger partial charge in [0, 0.05) is 30.0 Å². The van der Waals surface area contributed by atoms with Crippen LogP contribution in [0.25, 0.3) is 21.9 Å². The fourth-order valence-electron chi connectivity index (χ4n) is 3.50. The number of furan rings is 1. The van der Waals surface area contributed by atoms with Gasteiger partial charge in [-0.1, -0.05) is 0 Å². The number of hydrogen-bond acceptors (Lipinski definition) is 5. The molecule has 1 saturated heterocycles. The first-order valence-electron chi connectivity index (χ1n) is 8.85. The summed E-state index contributed by atoms with van der Waals surface area (Å²) in [7, 11) is 0. The molecule has 1 aliphatic heterocycles. The molecule has 2 aromatic heterocycles. The molecule has 6 nitrogen and oxygen atoms in total. The second-order valence-electron chi connectivity index (χ2n) is 6.87. The zero-order valence-corrected chi connectivity index (χ0v) is 14.9. The highest BCUT2D eigenvalue weighted by Gasteiger charge is 2.19. The van der Waals surface area contributed by atoms with Gasteiger partial charge in [-0.05, 0) is 43.9 Å². The van der Waals surface area contributed by atoms with Crippen LogP contribution < -0.4 is 10.9 Å². The van der Waals surface area contributed by atoms with Gasteiger partial charge in [-0.25, -0.2) is 4.79 Å². The molecule has 136 valence electrons. The molecule has 1 aromatic carbocycles. The Kier molecular flexibility index (Phi) is 4.28. The van der Waals surface area contributed by atoms with Crippen LogP contribution in [-0.4, -0.2) is 25.2 Å². The van der Waals surface area contributed by atoms with Crippen molar-refractivity contribution in [1.82, 2.24) is 5.32 Å². The van der Waals surface area contributed by atoms with Crippen molar-refractivity contribution in [2.45, 2.75) is 39.2 Å². The van der Waals surface area contributed by atoms with Gasteiger partial charge >= 0.3 is 5.63 Å². The average molecular weight is 355 g/mol. The highest BCUT2D eigenvalue weighted by molar-refractivity contribution is 5.96. The van der Waals surface area contributed by atoms with Crippen molar-refractivity contribution in [3.05, 3.63) is 45.5 Å². The second-order valence-corrected chi connectivity index (χ2v) is 6.87. The summed E-state index contributed by atoms with van der Waals surface area (Å²) >= 11 is 0. The summed E-state index contributed by atoms with van der Waals surface area (Å²) in [5, 5.41) is 4.65. The Bertz CT molecular complexity index is 1040. The molecule has 4 rings (SSSR count). The lowest BCUT2D eigenvalue weighted by atomic mass is 10.0. The number of fused-ring (bicyclic) bond motifs is 2. The maximum absolute atomic E-state index is 12.4. The van der Waals surface area contributed by atoms with E-state index in [9.17, 15) is 9.59 Å². The number of aryl methyl sites for hydroxylation is 2. The van der Waals surface area contributed by atoms with Gasteiger partial charge in [0.25, 0.3) is 0 Å². The minimum Gasteiger partial charge on any atom is -0.464 e. The summed E-state index contributed by atoms with van der Waals surface area (Å²) in [5.41, 5.74) is 2.85. The molecule has 26 heavy (non-hydrogen) atoms. The van der Waals surface area contributed by atoms with Crippen LogP contribution in [0.3, 0.4) is 0 Å². The Balaban J connectivity index is 1.63. The van der Waals surface area contributed by atoms with Gasteiger partial charge in [0.1, 0.15) is 11.2 Å². The normalized spacial score (nSPS) is 17.2. The first kappa shape index (κ1) is 16.8. The minimum absolute atomic E-state index is 0.000761. The van der Waals surface area contributed by atoms with E-state index in [1.54, 1.807) is 12.3 Å². The van der Waals surface area contributed by atoms with Crippen LogP contribution in [0.15, 0.2) is 32.0 Å². The Labute approximate surface area is 150 Å². The van der Waals surface area contributed by atoms with Crippen molar-refractivity contribution >= 4 is 27.8 Å². The van der Waals surface area contributed by atoms with E-state index in [0.29, 0.717) is 23.3 Å².